The molecule has 160 valence electrons. The van der Waals surface area contributed by atoms with Gasteiger partial charge in [-0.25, -0.2) is 8.42 Å². The molecule has 0 unspecified atom stereocenters. The molecule has 1 aliphatic rings. The fourth-order valence-electron chi connectivity index (χ4n) is 3.93. The quantitative estimate of drug-likeness (QED) is 0.587. The van der Waals surface area contributed by atoms with Crippen LogP contribution in [0, 0.1) is 0 Å². The van der Waals surface area contributed by atoms with E-state index in [0.717, 1.165) is 11.1 Å². The van der Waals surface area contributed by atoms with Crippen LogP contribution in [0.15, 0.2) is 83.8 Å². The van der Waals surface area contributed by atoms with Crippen LogP contribution >= 0.6 is 0 Å². The molecule has 0 spiro atoms. The number of hydrogen-bond donors (Lipinski definition) is 0. The number of amides is 1. The minimum absolute atomic E-state index is 0.161. The highest BCUT2D eigenvalue weighted by atomic mass is 32.2. The number of carbonyl (C=O) groups is 1. The number of rotatable bonds is 6. The highest BCUT2D eigenvalue weighted by Gasteiger charge is 2.29. The summed E-state index contributed by atoms with van der Waals surface area (Å²) in [5, 5.41) is 0. The molecule has 0 saturated heterocycles. The molecule has 1 heterocycles. The lowest BCUT2D eigenvalue weighted by Gasteiger charge is -2.28. The second-order valence-electron chi connectivity index (χ2n) is 7.69. The number of hydrogen-bond acceptors (Lipinski definition) is 3. The molecule has 0 aromatic heterocycles. The van der Waals surface area contributed by atoms with Crippen molar-refractivity contribution in [1.29, 1.82) is 0 Å². The van der Waals surface area contributed by atoms with Gasteiger partial charge in [0.15, 0.2) is 0 Å². The van der Waals surface area contributed by atoms with Crippen LogP contribution in [0.5, 0.6) is 0 Å². The normalized spacial score (nSPS) is 14.1. The Balaban J connectivity index is 1.56. The van der Waals surface area contributed by atoms with Gasteiger partial charge in [0.25, 0.3) is 5.91 Å². The van der Waals surface area contributed by atoms with Gasteiger partial charge in [0.05, 0.1) is 4.90 Å². The monoisotopic (exact) mass is 434 g/mol. The predicted molar refractivity (Wildman–Crippen MR) is 121 cm³/mol. The Bertz CT molecular complexity index is 1180. The van der Waals surface area contributed by atoms with Crippen molar-refractivity contribution in [3.05, 3.63) is 101 Å². The molecule has 0 N–H and O–H groups in total. The number of sulfonamides is 1. The lowest BCUT2D eigenvalue weighted by Crippen LogP contribution is -2.36. The first kappa shape index (κ1) is 21.3. The Morgan fingerprint density at radius 2 is 1.65 bits per heavy atom. The van der Waals surface area contributed by atoms with E-state index in [0.29, 0.717) is 38.2 Å². The van der Waals surface area contributed by atoms with E-state index in [1.54, 1.807) is 23.1 Å². The molecule has 3 aromatic rings. The van der Waals surface area contributed by atoms with Crippen molar-refractivity contribution in [1.82, 2.24) is 9.21 Å². The third kappa shape index (κ3) is 4.55. The summed E-state index contributed by atoms with van der Waals surface area (Å²) in [7, 11) is -3.69. The van der Waals surface area contributed by atoms with Crippen LogP contribution in [0.1, 0.15) is 34.0 Å². The van der Waals surface area contributed by atoms with Crippen LogP contribution in [0.3, 0.4) is 0 Å². The summed E-state index contributed by atoms with van der Waals surface area (Å²) in [6.07, 6.45) is 0.689. The van der Waals surface area contributed by atoms with Crippen molar-refractivity contribution in [3.8, 4) is 0 Å². The molecular weight excluding hydrogens is 408 g/mol. The second kappa shape index (κ2) is 9.04. The van der Waals surface area contributed by atoms with Gasteiger partial charge in [-0.05, 0) is 48.2 Å². The van der Waals surface area contributed by atoms with Gasteiger partial charge >= 0.3 is 0 Å². The number of nitrogens with zero attached hydrogens (tertiary/aromatic N) is 2. The summed E-state index contributed by atoms with van der Waals surface area (Å²) in [5.41, 5.74) is 3.65. The van der Waals surface area contributed by atoms with Crippen molar-refractivity contribution >= 4 is 15.9 Å². The Morgan fingerprint density at radius 1 is 0.935 bits per heavy atom. The average molecular weight is 435 g/mol. The molecule has 0 fully saturated rings. The zero-order chi connectivity index (χ0) is 21.8. The van der Waals surface area contributed by atoms with Crippen LogP contribution in [0.2, 0.25) is 0 Å². The van der Waals surface area contributed by atoms with E-state index in [-0.39, 0.29) is 10.8 Å². The molecule has 0 aliphatic carbocycles. The van der Waals surface area contributed by atoms with Crippen molar-refractivity contribution in [3.63, 3.8) is 0 Å². The van der Waals surface area contributed by atoms with Crippen molar-refractivity contribution < 1.29 is 13.2 Å². The molecule has 4 rings (SSSR count). The van der Waals surface area contributed by atoms with E-state index in [4.69, 9.17) is 0 Å². The van der Waals surface area contributed by atoms with Crippen LogP contribution in [-0.4, -0.2) is 36.6 Å². The summed E-state index contributed by atoms with van der Waals surface area (Å²) in [6, 6.07) is 24.1. The van der Waals surface area contributed by atoms with Crippen LogP contribution < -0.4 is 0 Å². The lowest BCUT2D eigenvalue weighted by atomic mass is 10.0. The first-order valence-corrected chi connectivity index (χ1v) is 11.9. The smallest absolute Gasteiger partial charge is 0.254 e. The molecule has 31 heavy (non-hydrogen) atoms. The van der Waals surface area contributed by atoms with Crippen molar-refractivity contribution in [2.75, 3.05) is 13.1 Å². The zero-order valence-corrected chi connectivity index (χ0v) is 18.4. The molecule has 5 nitrogen and oxygen atoms in total. The third-order valence-electron chi connectivity index (χ3n) is 5.70. The lowest BCUT2D eigenvalue weighted by molar-refractivity contribution is 0.0752. The second-order valence-corrected chi connectivity index (χ2v) is 9.63. The zero-order valence-electron chi connectivity index (χ0n) is 17.6. The molecule has 0 radical (unpaired) electrons. The van der Waals surface area contributed by atoms with Gasteiger partial charge in [-0.3, -0.25) is 4.79 Å². The fraction of sp³-hybridized carbons (Fsp3) is 0.240. The molecule has 1 amide bonds. The highest BCUT2D eigenvalue weighted by molar-refractivity contribution is 7.89. The molecule has 3 aromatic carbocycles. The standard InChI is InChI=1S/C25H26N2O3S/c1-2-26(18-20-9-4-3-5-10-20)25(28)22-13-8-14-24(17-22)31(29,30)27-16-15-21-11-6-7-12-23(21)19-27/h3-14,17H,2,15-16,18-19H2,1H3. The van der Waals surface area contributed by atoms with Gasteiger partial charge in [0.1, 0.15) is 0 Å². The SMILES string of the molecule is CCN(Cc1ccccc1)C(=O)c1cccc(S(=O)(=O)N2CCc3ccccc3C2)c1. The van der Waals surface area contributed by atoms with Crippen LogP contribution in [0.4, 0.5) is 0 Å². The van der Waals surface area contributed by atoms with Gasteiger partial charge < -0.3 is 4.90 Å². The predicted octanol–water partition coefficient (Wildman–Crippen LogP) is 4.10. The van der Waals surface area contributed by atoms with Gasteiger partial charge in [-0.1, -0.05) is 60.7 Å². The molecule has 6 heteroatoms. The molecule has 1 aliphatic heterocycles. The van der Waals surface area contributed by atoms with Gasteiger partial charge in [-0.15, -0.1) is 0 Å². The van der Waals surface area contributed by atoms with Gasteiger partial charge in [0.2, 0.25) is 10.0 Å². The van der Waals surface area contributed by atoms with Crippen LogP contribution in [-0.2, 0) is 29.5 Å². The first-order valence-electron chi connectivity index (χ1n) is 10.5. The maximum atomic E-state index is 13.3. The molecular formula is C25H26N2O3S. The number of benzene rings is 3. The first-order chi connectivity index (χ1) is 15.0. The summed E-state index contributed by atoms with van der Waals surface area (Å²) < 4.78 is 28.1. The summed E-state index contributed by atoms with van der Waals surface area (Å²) in [4.78, 5) is 15.0. The molecule has 0 atom stereocenters. The van der Waals surface area contributed by atoms with E-state index in [1.807, 2.05) is 61.5 Å². The van der Waals surface area contributed by atoms with E-state index in [9.17, 15) is 13.2 Å². The van der Waals surface area contributed by atoms with E-state index >= 15 is 0 Å². The maximum Gasteiger partial charge on any atom is 0.254 e. The average Bonchev–Trinajstić information content (AvgIpc) is 2.82. The minimum Gasteiger partial charge on any atom is -0.335 e. The third-order valence-corrected chi connectivity index (χ3v) is 7.54. The van der Waals surface area contributed by atoms with E-state index < -0.39 is 10.0 Å². The minimum atomic E-state index is -3.69. The summed E-state index contributed by atoms with van der Waals surface area (Å²) in [5.74, 6) is -0.174. The van der Waals surface area contributed by atoms with Crippen LogP contribution in [0.25, 0.3) is 0 Å². The Morgan fingerprint density at radius 3 is 2.39 bits per heavy atom. The maximum absolute atomic E-state index is 13.3. The Kier molecular flexibility index (Phi) is 6.20. The van der Waals surface area contributed by atoms with Gasteiger partial charge in [0, 0.05) is 31.7 Å². The summed E-state index contributed by atoms with van der Waals surface area (Å²) >= 11 is 0. The fourth-order valence-corrected chi connectivity index (χ4v) is 5.39. The Labute approximate surface area is 184 Å². The molecule has 0 saturated carbocycles. The molecule has 0 bridgehead atoms. The number of fused-ring (bicyclic) bond motifs is 1. The van der Waals surface area contributed by atoms with Crippen molar-refractivity contribution in [2.45, 2.75) is 31.3 Å². The van der Waals surface area contributed by atoms with E-state index in [1.165, 1.54) is 15.9 Å². The van der Waals surface area contributed by atoms with Crippen molar-refractivity contribution in [2.24, 2.45) is 0 Å². The number of carbonyl (C=O) groups excluding carboxylic acids is 1. The van der Waals surface area contributed by atoms with E-state index in [2.05, 4.69) is 0 Å². The highest BCUT2D eigenvalue weighted by Crippen LogP contribution is 2.25. The topological polar surface area (TPSA) is 57.7 Å². The van der Waals surface area contributed by atoms with Gasteiger partial charge in [-0.2, -0.15) is 4.31 Å². The summed E-state index contributed by atoms with van der Waals surface area (Å²) in [6.45, 7) is 3.73. The largest absolute Gasteiger partial charge is 0.335 e. The Hall–Kier alpha value is -2.96.